The summed E-state index contributed by atoms with van der Waals surface area (Å²) in [6, 6.07) is 10.5. The van der Waals surface area contributed by atoms with Crippen molar-refractivity contribution in [2.24, 2.45) is 5.73 Å². The first-order valence-electron chi connectivity index (χ1n) is 7.40. The van der Waals surface area contributed by atoms with Gasteiger partial charge in [0.2, 0.25) is 4.96 Å². The van der Waals surface area contributed by atoms with Crippen molar-refractivity contribution in [2.45, 2.75) is 32.6 Å². The second kappa shape index (κ2) is 6.37. The zero-order valence-corrected chi connectivity index (χ0v) is 13.1. The van der Waals surface area contributed by atoms with Crippen LogP contribution in [0.1, 0.15) is 30.0 Å². The summed E-state index contributed by atoms with van der Waals surface area (Å²) in [4.78, 5) is 2.27. The molecule has 2 aromatic heterocycles. The van der Waals surface area contributed by atoms with E-state index in [9.17, 15) is 0 Å². The summed E-state index contributed by atoms with van der Waals surface area (Å²) in [5.74, 6) is 1.06. The zero-order chi connectivity index (χ0) is 14.7. The van der Waals surface area contributed by atoms with Crippen LogP contribution in [0.3, 0.4) is 0 Å². The standard InChI is InChI=1S/C16H20N4S/c1-12-15(13-8-4-2-5-9-13)20-14(10-6-3-7-11-17)18-19-16(20)21-12/h2,4-5,8-9H,3,6-7,10-11,17H2,1H3. The highest BCUT2D eigenvalue weighted by Crippen LogP contribution is 2.31. The van der Waals surface area contributed by atoms with Gasteiger partial charge in [-0.2, -0.15) is 0 Å². The van der Waals surface area contributed by atoms with Gasteiger partial charge in [0.15, 0.2) is 0 Å². The van der Waals surface area contributed by atoms with Crippen molar-refractivity contribution in [1.29, 1.82) is 0 Å². The lowest BCUT2D eigenvalue weighted by molar-refractivity contribution is 0.666. The number of fused-ring (bicyclic) bond motifs is 1. The zero-order valence-electron chi connectivity index (χ0n) is 12.2. The van der Waals surface area contributed by atoms with Crippen LogP contribution in [0, 0.1) is 6.92 Å². The lowest BCUT2D eigenvalue weighted by Crippen LogP contribution is -2.00. The van der Waals surface area contributed by atoms with E-state index in [2.05, 4.69) is 45.8 Å². The van der Waals surface area contributed by atoms with Crippen LogP contribution in [0.15, 0.2) is 30.3 Å². The third-order valence-corrected chi connectivity index (χ3v) is 4.60. The Morgan fingerprint density at radius 2 is 1.90 bits per heavy atom. The lowest BCUT2D eigenvalue weighted by atomic mass is 10.1. The molecule has 0 amide bonds. The Hall–Kier alpha value is -1.72. The van der Waals surface area contributed by atoms with E-state index < -0.39 is 0 Å². The van der Waals surface area contributed by atoms with Crippen molar-refractivity contribution in [2.75, 3.05) is 6.54 Å². The fourth-order valence-corrected chi connectivity index (χ4v) is 3.58. The minimum atomic E-state index is 0.766. The topological polar surface area (TPSA) is 56.2 Å². The fraction of sp³-hybridized carbons (Fsp3) is 0.375. The molecule has 0 bridgehead atoms. The second-order valence-corrected chi connectivity index (χ2v) is 6.39. The third kappa shape index (κ3) is 2.84. The first-order valence-corrected chi connectivity index (χ1v) is 8.22. The smallest absolute Gasteiger partial charge is 0.216 e. The Labute approximate surface area is 128 Å². The Balaban J connectivity index is 1.96. The van der Waals surface area contributed by atoms with Crippen LogP contribution in [0.25, 0.3) is 16.2 Å². The number of thiazole rings is 1. The maximum Gasteiger partial charge on any atom is 0.216 e. The number of rotatable bonds is 6. The van der Waals surface area contributed by atoms with Crippen LogP contribution < -0.4 is 5.73 Å². The Bertz CT molecular complexity index is 715. The van der Waals surface area contributed by atoms with Crippen LogP contribution in [-0.4, -0.2) is 21.1 Å². The summed E-state index contributed by atoms with van der Waals surface area (Å²) >= 11 is 1.71. The molecule has 5 heteroatoms. The van der Waals surface area contributed by atoms with Crippen molar-refractivity contribution in [3.63, 3.8) is 0 Å². The van der Waals surface area contributed by atoms with Gasteiger partial charge in [0.05, 0.1) is 5.69 Å². The van der Waals surface area contributed by atoms with Crippen molar-refractivity contribution in [3.8, 4) is 11.3 Å². The molecule has 0 fully saturated rings. The highest BCUT2D eigenvalue weighted by atomic mass is 32.1. The quantitative estimate of drug-likeness (QED) is 0.709. The Morgan fingerprint density at radius 3 is 2.67 bits per heavy atom. The number of unbranched alkanes of at least 4 members (excludes halogenated alkanes) is 2. The second-order valence-electron chi connectivity index (χ2n) is 5.21. The minimum Gasteiger partial charge on any atom is -0.330 e. The predicted octanol–water partition coefficient (Wildman–Crippen LogP) is 3.44. The van der Waals surface area contributed by atoms with Gasteiger partial charge in [0.1, 0.15) is 5.82 Å². The minimum absolute atomic E-state index is 0.766. The molecule has 0 radical (unpaired) electrons. The van der Waals surface area contributed by atoms with Crippen LogP contribution in [-0.2, 0) is 6.42 Å². The first kappa shape index (κ1) is 14.2. The number of hydrogen-bond donors (Lipinski definition) is 1. The summed E-state index contributed by atoms with van der Waals surface area (Å²) in [7, 11) is 0. The number of aryl methyl sites for hydroxylation is 2. The Kier molecular flexibility index (Phi) is 4.31. The van der Waals surface area contributed by atoms with Gasteiger partial charge >= 0.3 is 0 Å². The predicted molar refractivity (Wildman–Crippen MR) is 87.6 cm³/mol. The van der Waals surface area contributed by atoms with Gasteiger partial charge < -0.3 is 5.73 Å². The summed E-state index contributed by atoms with van der Waals surface area (Å²) in [5, 5.41) is 8.70. The molecule has 3 rings (SSSR count). The van der Waals surface area contributed by atoms with Crippen molar-refractivity contribution < 1.29 is 0 Å². The van der Waals surface area contributed by atoms with E-state index in [0.717, 1.165) is 43.0 Å². The number of hydrogen-bond acceptors (Lipinski definition) is 4. The molecule has 0 saturated carbocycles. The average Bonchev–Trinajstić information content (AvgIpc) is 3.03. The van der Waals surface area contributed by atoms with Crippen molar-refractivity contribution in [3.05, 3.63) is 41.0 Å². The molecule has 2 heterocycles. The number of aromatic nitrogens is 3. The summed E-state index contributed by atoms with van der Waals surface area (Å²) < 4.78 is 2.22. The van der Waals surface area contributed by atoms with E-state index in [0.29, 0.717) is 0 Å². The van der Waals surface area contributed by atoms with Gasteiger partial charge in [-0.1, -0.05) is 48.1 Å². The number of benzene rings is 1. The van der Waals surface area contributed by atoms with Crippen LogP contribution in [0.5, 0.6) is 0 Å². The molecule has 2 N–H and O–H groups in total. The molecule has 0 aliphatic heterocycles. The largest absolute Gasteiger partial charge is 0.330 e. The summed E-state index contributed by atoms with van der Waals surface area (Å²) in [5.41, 5.74) is 8.01. The van der Waals surface area contributed by atoms with E-state index in [-0.39, 0.29) is 0 Å². The molecule has 0 aliphatic rings. The van der Waals surface area contributed by atoms with Crippen LogP contribution in [0.4, 0.5) is 0 Å². The fourth-order valence-electron chi connectivity index (χ4n) is 2.63. The third-order valence-electron chi connectivity index (χ3n) is 3.65. The maximum atomic E-state index is 5.55. The SMILES string of the molecule is Cc1sc2nnc(CCCCCN)n2c1-c1ccccc1. The molecule has 3 aromatic rings. The molecular formula is C16H20N4S. The number of nitrogens with two attached hydrogens (primary N) is 1. The Morgan fingerprint density at radius 1 is 1.10 bits per heavy atom. The maximum absolute atomic E-state index is 5.55. The van der Waals surface area contributed by atoms with Gasteiger partial charge in [-0.05, 0) is 31.9 Å². The van der Waals surface area contributed by atoms with Crippen LogP contribution in [0.2, 0.25) is 0 Å². The van der Waals surface area contributed by atoms with E-state index >= 15 is 0 Å². The van der Waals surface area contributed by atoms with Gasteiger partial charge in [-0.3, -0.25) is 4.40 Å². The van der Waals surface area contributed by atoms with E-state index in [1.54, 1.807) is 11.3 Å². The van der Waals surface area contributed by atoms with Crippen molar-refractivity contribution in [1.82, 2.24) is 14.6 Å². The van der Waals surface area contributed by atoms with E-state index in [4.69, 9.17) is 5.73 Å². The molecule has 0 unspecified atom stereocenters. The molecule has 1 aromatic carbocycles. The highest BCUT2D eigenvalue weighted by Gasteiger charge is 2.16. The molecule has 0 saturated heterocycles. The molecular weight excluding hydrogens is 280 g/mol. The highest BCUT2D eigenvalue weighted by molar-refractivity contribution is 7.17. The van der Waals surface area contributed by atoms with Gasteiger partial charge in [-0.15, -0.1) is 10.2 Å². The first-order chi connectivity index (χ1) is 10.3. The number of nitrogens with zero attached hydrogens (tertiary/aromatic N) is 3. The molecule has 21 heavy (non-hydrogen) atoms. The molecule has 4 nitrogen and oxygen atoms in total. The lowest BCUT2D eigenvalue weighted by Gasteiger charge is -2.05. The normalized spacial score (nSPS) is 11.3. The van der Waals surface area contributed by atoms with Gasteiger partial charge in [0, 0.05) is 11.3 Å². The van der Waals surface area contributed by atoms with Gasteiger partial charge in [0.25, 0.3) is 0 Å². The van der Waals surface area contributed by atoms with Crippen molar-refractivity contribution >= 4 is 16.3 Å². The monoisotopic (exact) mass is 300 g/mol. The summed E-state index contributed by atoms with van der Waals surface area (Å²) in [6.45, 7) is 2.92. The van der Waals surface area contributed by atoms with E-state index in [1.165, 1.54) is 16.1 Å². The van der Waals surface area contributed by atoms with E-state index in [1.807, 2.05) is 6.07 Å². The molecule has 0 aliphatic carbocycles. The summed E-state index contributed by atoms with van der Waals surface area (Å²) in [6.07, 6.45) is 4.30. The molecule has 0 atom stereocenters. The average molecular weight is 300 g/mol. The van der Waals surface area contributed by atoms with Crippen LogP contribution >= 0.6 is 11.3 Å². The van der Waals surface area contributed by atoms with Gasteiger partial charge in [-0.25, -0.2) is 0 Å². The molecule has 110 valence electrons. The molecule has 0 spiro atoms.